The van der Waals surface area contributed by atoms with E-state index in [0.29, 0.717) is 11.3 Å². The van der Waals surface area contributed by atoms with Crippen LogP contribution in [0.3, 0.4) is 0 Å². The molecule has 4 N–H and O–H groups in total. The normalized spacial score (nSPS) is 11.2. The summed E-state index contributed by atoms with van der Waals surface area (Å²) >= 11 is 3.25. The van der Waals surface area contributed by atoms with Crippen LogP contribution >= 0.6 is 15.9 Å². The second-order valence-electron chi connectivity index (χ2n) is 6.43. The van der Waals surface area contributed by atoms with E-state index in [1.165, 1.54) is 5.56 Å². The molecule has 0 spiro atoms. The summed E-state index contributed by atoms with van der Waals surface area (Å²) in [6.45, 7) is 1.81. The zero-order valence-corrected chi connectivity index (χ0v) is 17.6. The lowest BCUT2D eigenvalue weighted by Crippen LogP contribution is -2.07. The lowest BCUT2D eigenvalue weighted by molar-refractivity contribution is -0.136. The van der Waals surface area contributed by atoms with E-state index in [1.54, 1.807) is 18.2 Å². The first-order valence-corrected chi connectivity index (χ1v) is 9.84. The summed E-state index contributed by atoms with van der Waals surface area (Å²) in [5, 5.41) is 30.1. The molecule has 0 amide bonds. The van der Waals surface area contributed by atoms with E-state index in [4.69, 9.17) is 10.2 Å². The van der Waals surface area contributed by atoms with Crippen LogP contribution in [0, 0.1) is 6.92 Å². The molecule has 0 aliphatic rings. The zero-order valence-electron chi connectivity index (χ0n) is 16.0. The standard InChI is InChI=1S/C14H14O.C9H10BrNO3/c1-11-6-5-9-13(10-11)14(15)12-7-3-2-4-8-12;10-7-1-2-8(11-5-12)6(3-7)4-9(13)14/h2-10,14-15H,1H3;1-3,11-12H,4-5H2,(H,13,14). The fourth-order valence-corrected chi connectivity index (χ4v) is 3.21. The highest BCUT2D eigenvalue weighted by Crippen LogP contribution is 2.22. The number of carbonyl (C=O) groups is 1. The Morgan fingerprint density at radius 1 is 1.00 bits per heavy atom. The molecule has 0 aromatic heterocycles. The first kappa shape index (κ1) is 22.6. The number of hydrogen-bond acceptors (Lipinski definition) is 4. The molecule has 0 heterocycles. The fraction of sp³-hybridized carbons (Fsp3) is 0.174. The van der Waals surface area contributed by atoms with Crippen molar-refractivity contribution in [1.29, 1.82) is 0 Å². The van der Waals surface area contributed by atoms with Crippen molar-refractivity contribution >= 4 is 27.6 Å². The minimum absolute atomic E-state index is 0.0677. The van der Waals surface area contributed by atoms with Crippen LogP contribution in [0.25, 0.3) is 0 Å². The van der Waals surface area contributed by atoms with E-state index in [1.807, 2.05) is 61.5 Å². The van der Waals surface area contributed by atoms with Crippen LogP contribution in [0.5, 0.6) is 0 Å². The number of carboxylic acid groups (broad SMARTS) is 1. The summed E-state index contributed by atoms with van der Waals surface area (Å²) in [5.41, 5.74) is 4.32. The Balaban J connectivity index is 0.000000208. The number of hydrogen-bond donors (Lipinski definition) is 4. The number of aliphatic carboxylic acids is 1. The second kappa shape index (κ2) is 11.4. The summed E-state index contributed by atoms with van der Waals surface area (Å²) in [5.74, 6) is -0.899. The zero-order chi connectivity index (χ0) is 21.2. The van der Waals surface area contributed by atoms with Crippen LogP contribution in [-0.4, -0.2) is 28.0 Å². The van der Waals surface area contributed by atoms with E-state index in [9.17, 15) is 9.90 Å². The van der Waals surface area contributed by atoms with Gasteiger partial charge >= 0.3 is 5.97 Å². The number of benzene rings is 3. The minimum Gasteiger partial charge on any atom is -0.481 e. The van der Waals surface area contributed by atoms with Gasteiger partial charge in [0.15, 0.2) is 0 Å². The van der Waals surface area contributed by atoms with E-state index in [0.717, 1.165) is 15.6 Å². The maximum absolute atomic E-state index is 10.5. The van der Waals surface area contributed by atoms with Crippen molar-refractivity contribution in [3.8, 4) is 0 Å². The predicted molar refractivity (Wildman–Crippen MR) is 118 cm³/mol. The Morgan fingerprint density at radius 2 is 1.69 bits per heavy atom. The summed E-state index contributed by atoms with van der Waals surface area (Å²) in [6, 6.07) is 22.9. The van der Waals surface area contributed by atoms with Crippen LogP contribution < -0.4 is 5.32 Å². The van der Waals surface area contributed by atoms with Crippen LogP contribution in [0.1, 0.15) is 28.4 Å². The van der Waals surface area contributed by atoms with Gasteiger partial charge in [0, 0.05) is 10.2 Å². The molecule has 1 atom stereocenters. The summed E-state index contributed by atoms with van der Waals surface area (Å²) in [6.07, 6.45) is -0.590. The molecule has 0 radical (unpaired) electrons. The van der Waals surface area contributed by atoms with Crippen molar-refractivity contribution in [2.45, 2.75) is 19.4 Å². The van der Waals surface area contributed by atoms with Gasteiger partial charge in [0.2, 0.25) is 0 Å². The average molecular weight is 458 g/mol. The predicted octanol–water partition coefficient (Wildman–Crippen LogP) is 4.51. The second-order valence-corrected chi connectivity index (χ2v) is 7.35. The number of carboxylic acids is 1. The molecule has 0 saturated heterocycles. The van der Waals surface area contributed by atoms with Gasteiger partial charge in [-0.25, -0.2) is 0 Å². The smallest absolute Gasteiger partial charge is 0.307 e. The van der Waals surface area contributed by atoms with Crippen LogP contribution in [0.2, 0.25) is 0 Å². The van der Waals surface area contributed by atoms with Gasteiger partial charge in [0.05, 0.1) is 6.42 Å². The van der Waals surface area contributed by atoms with E-state index in [2.05, 4.69) is 21.2 Å². The Bertz CT molecular complexity index is 931. The molecule has 29 heavy (non-hydrogen) atoms. The topological polar surface area (TPSA) is 89.8 Å². The van der Waals surface area contributed by atoms with Gasteiger partial charge in [-0.15, -0.1) is 0 Å². The first-order valence-electron chi connectivity index (χ1n) is 9.05. The molecule has 0 bridgehead atoms. The molecule has 1 unspecified atom stereocenters. The molecular weight excluding hydrogens is 434 g/mol. The van der Waals surface area contributed by atoms with Crippen molar-refractivity contribution in [3.63, 3.8) is 0 Å². The van der Waals surface area contributed by atoms with Crippen molar-refractivity contribution in [2.75, 3.05) is 12.0 Å². The quantitative estimate of drug-likeness (QED) is 0.408. The molecule has 0 fully saturated rings. The van der Waals surface area contributed by atoms with Crippen LogP contribution in [0.15, 0.2) is 77.3 Å². The van der Waals surface area contributed by atoms with E-state index in [-0.39, 0.29) is 13.2 Å². The fourth-order valence-electron chi connectivity index (χ4n) is 2.80. The number of rotatable bonds is 6. The molecule has 3 aromatic carbocycles. The molecule has 0 aliphatic heterocycles. The van der Waals surface area contributed by atoms with Crippen molar-refractivity contribution in [1.82, 2.24) is 0 Å². The largest absolute Gasteiger partial charge is 0.481 e. The van der Waals surface area contributed by atoms with Gasteiger partial charge in [-0.1, -0.05) is 76.1 Å². The van der Waals surface area contributed by atoms with Gasteiger partial charge in [0.25, 0.3) is 0 Å². The van der Waals surface area contributed by atoms with Crippen molar-refractivity contribution in [3.05, 3.63) is 99.5 Å². The van der Waals surface area contributed by atoms with Crippen LogP contribution in [-0.2, 0) is 11.2 Å². The van der Waals surface area contributed by atoms with E-state index >= 15 is 0 Å². The van der Waals surface area contributed by atoms with Gasteiger partial charge in [0.1, 0.15) is 12.8 Å². The van der Waals surface area contributed by atoms with Gasteiger partial charge < -0.3 is 20.6 Å². The highest BCUT2D eigenvalue weighted by molar-refractivity contribution is 9.10. The third-order valence-electron chi connectivity index (χ3n) is 4.15. The van der Waals surface area contributed by atoms with Crippen molar-refractivity contribution in [2.24, 2.45) is 0 Å². The highest BCUT2D eigenvalue weighted by atomic mass is 79.9. The van der Waals surface area contributed by atoms with Gasteiger partial charge in [-0.05, 0) is 41.8 Å². The number of aliphatic hydroxyl groups is 2. The minimum atomic E-state index is -0.899. The summed E-state index contributed by atoms with van der Waals surface area (Å²) < 4.78 is 0.817. The third-order valence-corrected chi connectivity index (χ3v) is 4.64. The number of anilines is 1. The molecule has 6 heteroatoms. The lowest BCUT2D eigenvalue weighted by Gasteiger charge is -2.11. The van der Waals surface area contributed by atoms with Crippen molar-refractivity contribution < 1.29 is 20.1 Å². The maximum atomic E-state index is 10.5. The molecule has 152 valence electrons. The van der Waals surface area contributed by atoms with Gasteiger partial charge in [-0.2, -0.15) is 0 Å². The van der Waals surface area contributed by atoms with E-state index < -0.39 is 12.1 Å². The summed E-state index contributed by atoms with van der Waals surface area (Å²) in [4.78, 5) is 10.5. The number of aryl methyl sites for hydroxylation is 1. The molecule has 3 rings (SSSR count). The molecule has 0 aliphatic carbocycles. The summed E-state index contributed by atoms with van der Waals surface area (Å²) in [7, 11) is 0. The van der Waals surface area contributed by atoms with Gasteiger partial charge in [-0.3, -0.25) is 4.79 Å². The number of nitrogens with one attached hydrogen (secondary N) is 1. The molecular formula is C23H24BrNO4. The Labute approximate surface area is 178 Å². The average Bonchev–Trinajstić information content (AvgIpc) is 2.70. The molecule has 5 nitrogen and oxygen atoms in total. The monoisotopic (exact) mass is 457 g/mol. The Morgan fingerprint density at radius 3 is 2.31 bits per heavy atom. The third kappa shape index (κ3) is 7.34. The SMILES string of the molecule is Cc1cccc(C(O)c2ccccc2)c1.O=C(O)Cc1cc(Br)ccc1NCO. The lowest BCUT2D eigenvalue weighted by atomic mass is 10.0. The molecule has 0 saturated carbocycles. The number of halogens is 1. The van der Waals surface area contributed by atoms with Crippen LogP contribution in [0.4, 0.5) is 5.69 Å². The number of aliphatic hydroxyl groups excluding tert-OH is 2. The first-order chi connectivity index (χ1) is 13.9. The molecule has 3 aromatic rings. The Hall–Kier alpha value is -2.67. The Kier molecular flexibility index (Phi) is 8.86. The highest BCUT2D eigenvalue weighted by Gasteiger charge is 2.09. The maximum Gasteiger partial charge on any atom is 0.307 e.